The van der Waals surface area contributed by atoms with E-state index >= 15 is 0 Å². The number of aliphatic imine (C=N–C) groups is 1. The van der Waals surface area contributed by atoms with Crippen LogP contribution < -0.4 is 0 Å². The van der Waals surface area contributed by atoms with E-state index in [-0.39, 0.29) is 6.04 Å². The van der Waals surface area contributed by atoms with Crippen molar-refractivity contribution in [2.45, 2.75) is 45.3 Å². The quantitative estimate of drug-likeness (QED) is 0.311. The van der Waals surface area contributed by atoms with Gasteiger partial charge in [-0.2, -0.15) is 0 Å². The highest BCUT2D eigenvalue weighted by atomic mass is 32.2. The van der Waals surface area contributed by atoms with Gasteiger partial charge < -0.3 is 19.8 Å². The molecule has 2 aliphatic heterocycles. The Labute approximate surface area is 232 Å². The molecule has 1 aromatic carbocycles. The monoisotopic (exact) mass is 547 g/mol. The van der Waals surface area contributed by atoms with E-state index in [1.807, 2.05) is 18.0 Å². The number of allylic oxidation sites excluding steroid dienone is 4. The fraction of sp³-hybridized carbons (Fsp3) is 0.333. The zero-order chi connectivity index (χ0) is 27.6. The molecule has 9 heteroatoms. The number of aliphatic carboxylic acids is 2. The highest BCUT2D eigenvalue weighted by Gasteiger charge is 2.29. The van der Waals surface area contributed by atoms with Gasteiger partial charge in [0.05, 0.1) is 35.6 Å². The van der Waals surface area contributed by atoms with Gasteiger partial charge in [-0.3, -0.25) is 9.98 Å². The number of aromatic nitrogens is 1. The fourth-order valence-electron chi connectivity index (χ4n) is 4.49. The molecule has 1 aliphatic carbocycles. The lowest BCUT2D eigenvalue weighted by Crippen LogP contribution is -2.43. The molecule has 204 valence electrons. The van der Waals surface area contributed by atoms with Crippen molar-refractivity contribution >= 4 is 45.9 Å². The van der Waals surface area contributed by atoms with E-state index in [1.54, 1.807) is 0 Å². The van der Waals surface area contributed by atoms with Gasteiger partial charge in [0.2, 0.25) is 0 Å². The summed E-state index contributed by atoms with van der Waals surface area (Å²) in [5.41, 5.74) is 6.07. The predicted molar refractivity (Wildman–Crippen MR) is 155 cm³/mol. The van der Waals surface area contributed by atoms with Gasteiger partial charge in [0.15, 0.2) is 0 Å². The van der Waals surface area contributed by atoms with Crippen LogP contribution in [0.4, 0.5) is 5.69 Å². The molecule has 3 aliphatic rings. The number of unbranched alkanes of at least 4 members (excludes halogenated alkanes) is 1. The third-order valence-corrected chi connectivity index (χ3v) is 7.40. The summed E-state index contributed by atoms with van der Waals surface area (Å²) in [6, 6.07) is 8.73. The van der Waals surface area contributed by atoms with E-state index in [9.17, 15) is 9.59 Å². The Kier molecular flexibility index (Phi) is 10.1. The minimum atomic E-state index is -1.26. The van der Waals surface area contributed by atoms with Crippen molar-refractivity contribution in [1.82, 2.24) is 9.88 Å². The molecular weight excluding hydrogens is 514 g/mol. The average Bonchev–Trinajstić information content (AvgIpc) is 2.94. The molecule has 0 saturated carbocycles. The summed E-state index contributed by atoms with van der Waals surface area (Å²) in [5, 5.41) is 17.9. The fourth-order valence-corrected chi connectivity index (χ4v) is 5.47. The first-order valence-electron chi connectivity index (χ1n) is 13.0. The second-order valence-electron chi connectivity index (χ2n) is 9.35. The van der Waals surface area contributed by atoms with Gasteiger partial charge in [-0.05, 0) is 42.5 Å². The molecule has 5 rings (SSSR count). The van der Waals surface area contributed by atoms with E-state index in [0.717, 1.165) is 66.1 Å². The zero-order valence-corrected chi connectivity index (χ0v) is 22.8. The van der Waals surface area contributed by atoms with Crippen LogP contribution in [0.3, 0.4) is 0 Å². The maximum absolute atomic E-state index is 9.55. The number of nitrogens with zero attached hydrogens (tertiary/aromatic N) is 3. The number of carboxylic acids is 2. The Morgan fingerprint density at radius 1 is 1.26 bits per heavy atom. The predicted octanol–water partition coefficient (Wildman–Crippen LogP) is 5.88. The van der Waals surface area contributed by atoms with Gasteiger partial charge in [-0.1, -0.05) is 43.7 Å². The molecule has 3 heterocycles. The van der Waals surface area contributed by atoms with Crippen molar-refractivity contribution in [2.24, 2.45) is 4.99 Å². The molecule has 0 bridgehead atoms. The third kappa shape index (κ3) is 7.91. The Morgan fingerprint density at radius 3 is 2.85 bits per heavy atom. The number of hydrogen-bond acceptors (Lipinski definition) is 7. The van der Waals surface area contributed by atoms with Crippen LogP contribution in [0.2, 0.25) is 0 Å². The Hall–Kier alpha value is -3.69. The Morgan fingerprint density at radius 2 is 2.08 bits per heavy atom. The van der Waals surface area contributed by atoms with Crippen LogP contribution >= 0.6 is 11.8 Å². The van der Waals surface area contributed by atoms with Crippen LogP contribution in [-0.2, 0) is 20.9 Å². The van der Waals surface area contributed by atoms with Crippen LogP contribution in [0.25, 0.3) is 10.8 Å². The van der Waals surface area contributed by atoms with Gasteiger partial charge in [-0.15, -0.1) is 11.8 Å². The first-order chi connectivity index (χ1) is 18.9. The molecule has 0 spiro atoms. The molecule has 0 amide bonds. The summed E-state index contributed by atoms with van der Waals surface area (Å²) in [6.45, 7) is 3.52. The van der Waals surface area contributed by atoms with Gasteiger partial charge in [0, 0.05) is 47.7 Å². The van der Waals surface area contributed by atoms with E-state index in [4.69, 9.17) is 19.9 Å². The van der Waals surface area contributed by atoms with Crippen molar-refractivity contribution < 1.29 is 24.5 Å². The number of pyridine rings is 1. The number of carboxylic acid groups (broad SMARTS) is 2. The summed E-state index contributed by atoms with van der Waals surface area (Å²) in [7, 11) is 0. The summed E-state index contributed by atoms with van der Waals surface area (Å²) in [4.78, 5) is 31.3. The molecule has 39 heavy (non-hydrogen) atoms. The number of thioether (sulfide) groups is 1. The lowest BCUT2D eigenvalue weighted by Gasteiger charge is -2.38. The van der Waals surface area contributed by atoms with Crippen LogP contribution in [0.1, 0.15) is 38.3 Å². The maximum atomic E-state index is 9.55. The molecule has 1 saturated heterocycles. The highest BCUT2D eigenvalue weighted by Crippen LogP contribution is 2.34. The van der Waals surface area contributed by atoms with Crippen molar-refractivity contribution in [2.75, 3.05) is 18.2 Å². The number of benzene rings is 1. The minimum absolute atomic E-state index is 0.264. The van der Waals surface area contributed by atoms with Gasteiger partial charge >= 0.3 is 11.9 Å². The standard InChI is InChI=1S/C26H29N3OS.C4H4O4/c1-2-3-11-30-16-22-13-23-20(14-27-22)9-6-10-24(23)28-25-17-31-18-29-15-21-8-5-4-7-19(21)12-26(25)29;5-3(6)1-2-4(7)8/h5-6,8-10,12-15,26H,2-4,7,11,16-18H2,1H3;1-2H,(H,5,6)(H,7,8)/b;2-1+. The van der Waals surface area contributed by atoms with E-state index < -0.39 is 11.9 Å². The molecule has 1 aromatic heterocycles. The van der Waals surface area contributed by atoms with Crippen LogP contribution in [-0.4, -0.2) is 62.0 Å². The number of fused-ring (bicyclic) bond motifs is 3. The zero-order valence-electron chi connectivity index (χ0n) is 22.0. The largest absolute Gasteiger partial charge is 0.478 e. The molecule has 2 aromatic rings. The highest BCUT2D eigenvalue weighted by molar-refractivity contribution is 8.00. The normalized spacial score (nSPS) is 19.2. The van der Waals surface area contributed by atoms with Crippen molar-refractivity contribution in [3.05, 3.63) is 83.9 Å². The molecule has 0 radical (unpaired) electrons. The maximum Gasteiger partial charge on any atom is 0.328 e. The Bertz CT molecular complexity index is 1350. The minimum Gasteiger partial charge on any atom is -0.478 e. The van der Waals surface area contributed by atoms with Crippen molar-refractivity contribution in [3.8, 4) is 0 Å². The lowest BCUT2D eigenvalue weighted by molar-refractivity contribution is -0.134. The third-order valence-electron chi connectivity index (χ3n) is 6.42. The van der Waals surface area contributed by atoms with Gasteiger partial charge in [0.1, 0.15) is 0 Å². The van der Waals surface area contributed by atoms with Crippen LogP contribution in [0.15, 0.2) is 83.2 Å². The lowest BCUT2D eigenvalue weighted by atomic mass is 9.90. The first-order valence-corrected chi connectivity index (χ1v) is 14.2. The number of rotatable bonds is 8. The summed E-state index contributed by atoms with van der Waals surface area (Å²) >= 11 is 1.94. The number of hydrogen-bond donors (Lipinski definition) is 2. The summed E-state index contributed by atoms with van der Waals surface area (Å²) < 4.78 is 5.79. The van der Waals surface area contributed by atoms with Crippen LogP contribution in [0, 0.1) is 0 Å². The molecular formula is C30H33N3O5S. The SMILES string of the molecule is CCCCOCc1cc2c(N=C3CSCN4C=C5C=CCCC5=CC34)cccc2cn1.O=C(O)/C=C/C(=O)O. The molecule has 2 N–H and O–H groups in total. The van der Waals surface area contributed by atoms with E-state index in [1.165, 1.54) is 16.9 Å². The van der Waals surface area contributed by atoms with E-state index in [2.05, 4.69) is 65.5 Å². The molecule has 1 fully saturated rings. The van der Waals surface area contributed by atoms with Crippen molar-refractivity contribution in [1.29, 1.82) is 0 Å². The summed E-state index contributed by atoms with van der Waals surface area (Å²) in [6.07, 6.45) is 16.9. The average molecular weight is 548 g/mol. The van der Waals surface area contributed by atoms with Crippen LogP contribution in [0.5, 0.6) is 0 Å². The topological polar surface area (TPSA) is 112 Å². The van der Waals surface area contributed by atoms with Crippen molar-refractivity contribution in [3.63, 3.8) is 0 Å². The summed E-state index contributed by atoms with van der Waals surface area (Å²) in [5.74, 6) is -0.526. The number of carbonyl (C=O) groups is 2. The molecule has 1 unspecified atom stereocenters. The van der Waals surface area contributed by atoms with Gasteiger partial charge in [0.25, 0.3) is 0 Å². The number of ether oxygens (including phenoxy) is 1. The van der Waals surface area contributed by atoms with E-state index in [0.29, 0.717) is 18.8 Å². The second-order valence-corrected chi connectivity index (χ2v) is 10.3. The smallest absolute Gasteiger partial charge is 0.328 e. The Balaban J connectivity index is 0.000000386. The molecule has 8 nitrogen and oxygen atoms in total. The second kappa shape index (κ2) is 13.9. The first kappa shape index (κ1) is 28.3. The molecule has 1 atom stereocenters. The van der Waals surface area contributed by atoms with Gasteiger partial charge in [-0.25, -0.2) is 9.59 Å².